The molecule has 1 N–H and O–H groups in total. The first-order valence-electron chi connectivity index (χ1n) is 7.01. The first-order valence-corrected chi connectivity index (χ1v) is 7.01. The number of piperazine rings is 1. The van der Waals surface area contributed by atoms with E-state index in [1.807, 2.05) is 0 Å². The normalized spacial score (nSPS) is 21.8. The quantitative estimate of drug-likeness (QED) is 0.743. The second-order valence-corrected chi connectivity index (χ2v) is 5.20. The van der Waals surface area contributed by atoms with Crippen LogP contribution in [0.15, 0.2) is 0 Å². The van der Waals surface area contributed by atoms with E-state index in [1.165, 1.54) is 0 Å². The highest BCUT2D eigenvalue weighted by molar-refractivity contribution is 5.85. The van der Waals surface area contributed by atoms with Gasteiger partial charge >= 0.3 is 0 Å². The lowest BCUT2D eigenvalue weighted by Gasteiger charge is -2.32. The molecule has 6 heteroatoms. The number of carbonyl (C=O) groups excluding carboxylic acids is 2. The zero-order valence-corrected chi connectivity index (χ0v) is 11.6. The molecule has 2 heterocycles. The van der Waals surface area contributed by atoms with Crippen LogP contribution in [0.3, 0.4) is 0 Å². The number of nitrogens with one attached hydrogen (secondary N) is 1. The van der Waals surface area contributed by atoms with Gasteiger partial charge in [-0.15, -0.1) is 0 Å². The second-order valence-electron chi connectivity index (χ2n) is 5.20. The molecule has 2 amide bonds. The van der Waals surface area contributed by atoms with Crippen molar-refractivity contribution in [3.05, 3.63) is 0 Å². The Kier molecular flexibility index (Phi) is 5.15. The Balaban J connectivity index is 1.65. The predicted octanol–water partition coefficient (Wildman–Crippen LogP) is -0.554. The lowest BCUT2D eigenvalue weighted by atomic mass is 10.1. The van der Waals surface area contributed by atoms with Crippen molar-refractivity contribution in [2.24, 2.45) is 0 Å². The maximum absolute atomic E-state index is 12.0. The van der Waals surface area contributed by atoms with E-state index in [0.29, 0.717) is 26.1 Å². The Labute approximate surface area is 114 Å². The summed E-state index contributed by atoms with van der Waals surface area (Å²) in [5.41, 5.74) is 0. The molecule has 0 atom stereocenters. The third-order valence-corrected chi connectivity index (χ3v) is 3.77. The van der Waals surface area contributed by atoms with Gasteiger partial charge in [-0.2, -0.15) is 0 Å². The van der Waals surface area contributed by atoms with Gasteiger partial charge in [0.25, 0.3) is 0 Å². The minimum absolute atomic E-state index is 0.0128. The third kappa shape index (κ3) is 4.18. The molecule has 0 aromatic rings. The van der Waals surface area contributed by atoms with Gasteiger partial charge in [0.15, 0.2) is 0 Å². The van der Waals surface area contributed by atoms with E-state index in [2.05, 4.69) is 5.32 Å². The molecule has 0 saturated carbocycles. The molecule has 0 unspecified atom stereocenters. The van der Waals surface area contributed by atoms with Crippen LogP contribution in [0, 0.1) is 0 Å². The average molecular weight is 269 g/mol. The smallest absolute Gasteiger partial charge is 0.241 e. The van der Waals surface area contributed by atoms with Crippen molar-refractivity contribution in [1.29, 1.82) is 0 Å². The van der Waals surface area contributed by atoms with Crippen LogP contribution in [0.2, 0.25) is 0 Å². The van der Waals surface area contributed by atoms with Gasteiger partial charge in [0, 0.05) is 20.1 Å². The van der Waals surface area contributed by atoms with Crippen molar-refractivity contribution in [1.82, 2.24) is 15.1 Å². The number of piperidine rings is 1. The van der Waals surface area contributed by atoms with Crippen molar-refractivity contribution in [3.63, 3.8) is 0 Å². The molecule has 2 saturated heterocycles. The molecular formula is C13H23N3O3. The minimum atomic E-state index is 0.0128. The molecule has 0 aromatic heterocycles. The minimum Gasteiger partial charge on any atom is -0.378 e. The van der Waals surface area contributed by atoms with E-state index < -0.39 is 0 Å². The highest BCUT2D eigenvalue weighted by Crippen LogP contribution is 2.09. The van der Waals surface area contributed by atoms with E-state index in [1.54, 1.807) is 16.8 Å². The molecule has 2 rings (SSSR count). The zero-order chi connectivity index (χ0) is 13.7. The maximum atomic E-state index is 12.0. The fourth-order valence-electron chi connectivity index (χ4n) is 2.40. The average Bonchev–Trinajstić information content (AvgIpc) is 2.43. The second kappa shape index (κ2) is 6.86. The Bertz CT molecular complexity index is 329. The van der Waals surface area contributed by atoms with Crippen molar-refractivity contribution in [3.8, 4) is 0 Å². The summed E-state index contributed by atoms with van der Waals surface area (Å²) in [6.07, 6.45) is 2.69. The van der Waals surface area contributed by atoms with E-state index in [9.17, 15) is 9.59 Å². The number of hydrogen-bond acceptors (Lipinski definition) is 4. The molecule has 6 nitrogen and oxygen atoms in total. The van der Waals surface area contributed by atoms with Crippen molar-refractivity contribution < 1.29 is 14.3 Å². The lowest BCUT2D eigenvalue weighted by molar-refractivity contribution is -0.145. The number of ether oxygens (including phenoxy) is 1. The maximum Gasteiger partial charge on any atom is 0.241 e. The number of hydrogen-bond donors (Lipinski definition) is 1. The van der Waals surface area contributed by atoms with E-state index >= 15 is 0 Å². The summed E-state index contributed by atoms with van der Waals surface area (Å²) < 4.78 is 5.71. The summed E-state index contributed by atoms with van der Waals surface area (Å²) in [4.78, 5) is 26.8. The van der Waals surface area contributed by atoms with E-state index in [0.717, 1.165) is 25.9 Å². The van der Waals surface area contributed by atoms with Gasteiger partial charge in [0.2, 0.25) is 11.8 Å². The number of rotatable bonds is 4. The van der Waals surface area contributed by atoms with Crippen LogP contribution in [0.25, 0.3) is 0 Å². The van der Waals surface area contributed by atoms with Crippen LogP contribution >= 0.6 is 0 Å². The number of nitrogens with zero attached hydrogens (tertiary/aromatic N) is 2. The molecule has 0 aromatic carbocycles. The molecule has 0 aliphatic carbocycles. The van der Waals surface area contributed by atoms with Gasteiger partial charge in [-0.05, 0) is 25.9 Å². The Hall–Kier alpha value is -1.14. The van der Waals surface area contributed by atoms with E-state index in [-0.39, 0.29) is 24.5 Å². The topological polar surface area (TPSA) is 61.9 Å². The molecular weight excluding hydrogens is 246 g/mol. The van der Waals surface area contributed by atoms with Crippen molar-refractivity contribution in [2.75, 3.05) is 46.4 Å². The SMILES string of the molecule is CN1CCN(C(=O)CCOC2CCNCC2)CC1=O. The Morgan fingerprint density at radius 2 is 2.11 bits per heavy atom. The number of likely N-dealkylation sites (N-methyl/N-ethyl adjacent to an activating group) is 1. The zero-order valence-electron chi connectivity index (χ0n) is 11.6. The molecule has 2 aliphatic rings. The van der Waals surface area contributed by atoms with Gasteiger partial charge in [-0.3, -0.25) is 9.59 Å². The summed E-state index contributed by atoms with van der Waals surface area (Å²) in [5.74, 6) is 0.0363. The lowest BCUT2D eigenvalue weighted by Crippen LogP contribution is -2.50. The van der Waals surface area contributed by atoms with Gasteiger partial charge in [0.1, 0.15) is 0 Å². The molecule has 2 aliphatic heterocycles. The summed E-state index contributed by atoms with van der Waals surface area (Å²) in [6.45, 7) is 3.91. The molecule has 0 radical (unpaired) electrons. The van der Waals surface area contributed by atoms with Crippen LogP contribution in [0.4, 0.5) is 0 Å². The Morgan fingerprint density at radius 1 is 1.37 bits per heavy atom. The summed E-state index contributed by atoms with van der Waals surface area (Å²) in [6, 6.07) is 0. The molecule has 19 heavy (non-hydrogen) atoms. The third-order valence-electron chi connectivity index (χ3n) is 3.77. The van der Waals surface area contributed by atoms with E-state index in [4.69, 9.17) is 4.74 Å². The fraction of sp³-hybridized carbons (Fsp3) is 0.846. The van der Waals surface area contributed by atoms with Gasteiger partial charge in [0.05, 0.1) is 25.7 Å². The molecule has 108 valence electrons. The van der Waals surface area contributed by atoms with Crippen LogP contribution in [0.5, 0.6) is 0 Å². The highest BCUT2D eigenvalue weighted by atomic mass is 16.5. The van der Waals surface area contributed by atoms with Crippen LogP contribution in [0.1, 0.15) is 19.3 Å². The molecule has 2 fully saturated rings. The predicted molar refractivity (Wildman–Crippen MR) is 70.7 cm³/mol. The largest absolute Gasteiger partial charge is 0.378 e. The first-order chi connectivity index (χ1) is 9.16. The Morgan fingerprint density at radius 3 is 2.79 bits per heavy atom. The summed E-state index contributed by atoms with van der Waals surface area (Å²) >= 11 is 0. The molecule has 0 spiro atoms. The number of carbonyl (C=O) groups is 2. The van der Waals surface area contributed by atoms with Crippen LogP contribution in [-0.2, 0) is 14.3 Å². The fourth-order valence-corrected chi connectivity index (χ4v) is 2.40. The summed E-state index contributed by atoms with van der Waals surface area (Å²) in [7, 11) is 1.77. The van der Waals surface area contributed by atoms with Gasteiger partial charge in [-0.25, -0.2) is 0 Å². The standard InChI is InChI=1S/C13H23N3O3/c1-15-7-8-16(10-13(15)18)12(17)4-9-19-11-2-5-14-6-3-11/h11,14H,2-10H2,1H3. The van der Waals surface area contributed by atoms with Crippen LogP contribution in [-0.4, -0.2) is 74.1 Å². The highest BCUT2D eigenvalue weighted by Gasteiger charge is 2.24. The summed E-state index contributed by atoms with van der Waals surface area (Å²) in [5, 5.41) is 3.28. The van der Waals surface area contributed by atoms with Crippen molar-refractivity contribution in [2.45, 2.75) is 25.4 Å². The van der Waals surface area contributed by atoms with Gasteiger partial charge in [-0.1, -0.05) is 0 Å². The number of amides is 2. The van der Waals surface area contributed by atoms with Gasteiger partial charge < -0.3 is 19.9 Å². The van der Waals surface area contributed by atoms with Crippen LogP contribution < -0.4 is 5.32 Å². The first kappa shape index (κ1) is 14.3. The molecule has 0 bridgehead atoms. The van der Waals surface area contributed by atoms with Crippen molar-refractivity contribution >= 4 is 11.8 Å². The monoisotopic (exact) mass is 269 g/mol.